The SMILES string of the molecule is COC(=O)c1cnc(/C(C#N)=C(\Cl)c2cc(OC)c(OC)c([N+](=O)[O-])c2)cn1.COC(=O)c1cnc(/C(C#N)=C(\N)c2cc(OC)c(OC)c([N+](=O)[O-])c2)cn1.COC(=O)c1cnc(/C(C#N)=C(\O)c2cc(OC)c(OC)c([N+](=O)[O-])c2)cn1.ClP(Cl)(Cl)(Cl)Cl.N#C/C(=C(/N)c1cc(O)c(O)c([N+](=O)[O-])c1)c1cnc(C(=O)O)cn1. The summed E-state index contributed by atoms with van der Waals surface area (Å²) < 4.78 is 40.2. The van der Waals surface area contributed by atoms with Gasteiger partial charge in [-0.15, -0.1) is 0 Å². The van der Waals surface area contributed by atoms with E-state index in [-0.39, 0.29) is 152 Å². The molecule has 50 heteroatoms. The molecule has 4 aromatic carbocycles. The number of aromatic hydroxyl groups is 2. The van der Waals surface area contributed by atoms with Crippen molar-refractivity contribution in [1.82, 2.24) is 39.9 Å². The summed E-state index contributed by atoms with van der Waals surface area (Å²) in [5, 5.41) is 121. The number of carboxylic acids is 1. The quantitative estimate of drug-likeness (QED) is 0.00536. The predicted octanol–water partition coefficient (Wildman–Crippen LogP) is 11.7. The second kappa shape index (κ2) is 41.6. The number of benzene rings is 4. The number of ether oxygens (including phenoxy) is 9. The average molecular weight is 1730 g/mol. The number of nitrogens with zero attached hydrogens (tertiary/aromatic N) is 16. The Morgan fingerprint density at radius 3 is 0.948 bits per heavy atom. The molecule has 598 valence electrons. The van der Waals surface area contributed by atoms with Crippen molar-refractivity contribution >= 4 is 162 Å². The van der Waals surface area contributed by atoms with Crippen molar-refractivity contribution in [2.24, 2.45) is 11.5 Å². The van der Waals surface area contributed by atoms with Crippen LogP contribution in [0.25, 0.3) is 44.5 Å². The van der Waals surface area contributed by atoms with Gasteiger partial charge >= 0.3 is 106 Å². The van der Waals surface area contributed by atoms with E-state index in [4.69, 9.17) is 113 Å². The fourth-order valence-corrected chi connectivity index (χ4v) is 8.91. The summed E-state index contributed by atoms with van der Waals surface area (Å²) in [6, 6.07) is 16.5. The Hall–Kier alpha value is -14.4. The minimum absolute atomic E-state index is 0.0114. The van der Waals surface area contributed by atoms with Crippen molar-refractivity contribution in [3.8, 4) is 70.3 Å². The molecule has 115 heavy (non-hydrogen) atoms. The van der Waals surface area contributed by atoms with Gasteiger partial charge < -0.3 is 74.5 Å². The molecule has 0 fully saturated rings. The Bertz CT molecular complexity index is 5030. The van der Waals surface area contributed by atoms with Gasteiger partial charge in [-0.25, -0.2) is 39.1 Å². The third-order valence-electron chi connectivity index (χ3n) is 13.9. The number of carbonyl (C=O) groups is 4. The van der Waals surface area contributed by atoms with E-state index in [0.29, 0.717) is 0 Å². The molecular formula is C65H51Cl6N18O25P. The van der Waals surface area contributed by atoms with Crippen LogP contribution >= 0.6 is 71.2 Å². The Kier molecular flexibility index (Phi) is 33.6. The summed E-state index contributed by atoms with van der Waals surface area (Å²) in [6.45, 7) is 0. The third-order valence-corrected chi connectivity index (χ3v) is 14.3. The summed E-state index contributed by atoms with van der Waals surface area (Å²) in [4.78, 5) is 118. The molecule has 0 radical (unpaired) electrons. The summed E-state index contributed by atoms with van der Waals surface area (Å²) >= 11 is 31.2. The van der Waals surface area contributed by atoms with E-state index in [2.05, 4.69) is 54.1 Å². The molecule has 0 bridgehead atoms. The number of nitro benzene ring substituents is 4. The van der Waals surface area contributed by atoms with Crippen molar-refractivity contribution in [1.29, 1.82) is 21.0 Å². The molecule has 8 aromatic rings. The topological polar surface area (TPSA) is 655 Å². The maximum absolute atomic E-state index is 11.4. The zero-order valence-corrected chi connectivity index (χ0v) is 65.1. The summed E-state index contributed by atoms with van der Waals surface area (Å²) in [6.07, 6.45) is 8.68. The molecule has 0 saturated heterocycles. The summed E-state index contributed by atoms with van der Waals surface area (Å²) in [5.41, 5.74) is 8.31. The number of hydrogen-bond donors (Lipinski definition) is 6. The number of aromatic nitrogens is 8. The Balaban J connectivity index is 0.000000315. The van der Waals surface area contributed by atoms with E-state index >= 15 is 0 Å². The van der Waals surface area contributed by atoms with E-state index < -0.39 is 75.6 Å². The number of aliphatic hydroxyl groups is 1. The summed E-state index contributed by atoms with van der Waals surface area (Å²) in [5.74, 6) is -5.91. The normalized spacial score (nSPS) is 11.6. The van der Waals surface area contributed by atoms with Gasteiger partial charge in [-0.2, -0.15) is 21.0 Å². The molecule has 8 N–H and O–H groups in total. The molecule has 0 atom stereocenters. The minimum atomic E-state index is -3.69. The molecule has 4 heterocycles. The number of methoxy groups -OCH3 is 9. The van der Waals surface area contributed by atoms with Gasteiger partial charge in [-0.3, -0.25) is 60.4 Å². The Morgan fingerprint density at radius 2 is 0.661 bits per heavy atom. The van der Waals surface area contributed by atoms with Crippen molar-refractivity contribution in [3.05, 3.63) is 206 Å². The number of halogens is 6. The average Bonchev–Trinajstić information content (AvgIpc) is 0.798. The van der Waals surface area contributed by atoms with Crippen molar-refractivity contribution < 1.29 is 102 Å². The number of aliphatic hydroxyl groups excluding tert-OH is 1. The van der Waals surface area contributed by atoms with Crippen LogP contribution in [0.1, 0.15) is 87.0 Å². The minimum Gasteiger partial charge on any atom is -0.504 e. The number of nitro groups is 4. The Morgan fingerprint density at radius 1 is 0.400 bits per heavy atom. The van der Waals surface area contributed by atoms with Gasteiger partial charge in [0.15, 0.2) is 45.8 Å². The van der Waals surface area contributed by atoms with Crippen LogP contribution in [-0.2, 0) is 14.2 Å². The number of aromatic carboxylic acids is 1. The molecule has 0 aliphatic carbocycles. The van der Waals surface area contributed by atoms with Crippen LogP contribution in [0.2, 0.25) is 0 Å². The molecule has 8 rings (SSSR count). The van der Waals surface area contributed by atoms with Crippen molar-refractivity contribution in [2.45, 2.75) is 0 Å². The van der Waals surface area contributed by atoms with E-state index in [9.17, 15) is 96.0 Å². The molecular weight excluding hydrogens is 1680 g/mol. The van der Waals surface area contributed by atoms with Crippen molar-refractivity contribution in [2.75, 3.05) is 64.0 Å². The number of phenols is 2. The van der Waals surface area contributed by atoms with Gasteiger partial charge in [-0.1, -0.05) is 11.6 Å². The zero-order chi connectivity index (χ0) is 86.7. The number of hydrogen-bond acceptors (Lipinski definition) is 38. The van der Waals surface area contributed by atoms with Gasteiger partial charge in [-0.05, 0) is 24.3 Å². The first-order chi connectivity index (χ1) is 54.1. The van der Waals surface area contributed by atoms with Gasteiger partial charge in [0, 0.05) is 46.5 Å². The van der Waals surface area contributed by atoms with E-state index in [0.717, 1.165) is 67.5 Å². The number of carbonyl (C=O) groups excluding carboxylic acids is 3. The number of phenolic OH excluding ortho intramolecular Hbond substituents is 2. The smallest absolute Gasteiger partial charge is 0.356 e. The second-order valence-corrected chi connectivity index (χ2v) is 37.6. The predicted molar refractivity (Wildman–Crippen MR) is 407 cm³/mol. The van der Waals surface area contributed by atoms with Crippen LogP contribution in [-0.4, -0.2) is 168 Å². The van der Waals surface area contributed by atoms with Crippen LogP contribution in [0.15, 0.2) is 98.1 Å². The first kappa shape index (κ1) is 93.0. The third kappa shape index (κ3) is 24.8. The molecule has 4 aromatic heterocycles. The number of esters is 3. The number of carboxylic acid groups (broad SMARTS) is 1. The van der Waals surface area contributed by atoms with Crippen LogP contribution in [0.3, 0.4) is 0 Å². The van der Waals surface area contributed by atoms with Crippen molar-refractivity contribution in [3.63, 3.8) is 0 Å². The van der Waals surface area contributed by atoms with Crippen LogP contribution in [0, 0.1) is 85.8 Å². The molecule has 0 unspecified atom stereocenters. The van der Waals surface area contributed by atoms with Gasteiger partial charge in [0.1, 0.15) is 69.5 Å². The maximum Gasteiger partial charge on any atom is 0.356 e. The van der Waals surface area contributed by atoms with Gasteiger partial charge in [0.25, 0.3) is 0 Å². The van der Waals surface area contributed by atoms with Crippen LogP contribution in [0.4, 0.5) is 22.7 Å². The van der Waals surface area contributed by atoms with Crippen LogP contribution in [0.5, 0.6) is 46.0 Å². The molecule has 0 spiro atoms. The molecule has 0 amide bonds. The van der Waals surface area contributed by atoms with E-state index in [1.54, 1.807) is 12.1 Å². The number of nitriles is 4. The Labute approximate surface area is 673 Å². The number of allylic oxidation sites excluding steroid dienone is 4. The molecule has 0 aliphatic rings. The maximum atomic E-state index is 11.4. The summed E-state index contributed by atoms with van der Waals surface area (Å²) in [7, 11) is 11.2. The molecule has 0 saturated carbocycles. The van der Waals surface area contributed by atoms with E-state index in [1.807, 2.05) is 12.1 Å². The number of nitrogens with two attached hydrogens (primary N) is 2. The first-order valence-electron chi connectivity index (χ1n) is 29.9. The molecule has 43 nitrogen and oxygen atoms in total. The van der Waals surface area contributed by atoms with Gasteiger partial charge in [0.2, 0.25) is 23.0 Å². The zero-order valence-electron chi connectivity index (χ0n) is 59.6. The standard InChI is InChI=1S/C17H13ClN4O6.C17H15N5O6.C17H14N4O7.C14H9N5O6.Cl5P/c1-26-14-5-9(4-13(22(24)25)16(14)27-2)15(18)10(6-19)11-7-21-12(8-20-11)17(23)28-3;1-26-14-5-9(4-13(22(24)25)16(14)27-2)15(19)10(6-18)11-7-21-12(8-20-11)17(23)28-3;1-26-14-5-9(4-13(21(24)25)16(14)27-2)15(22)10(6-18)11-7-20-12(8-19-11)17(23)28-3;15-3-7(8-4-18-9(5-17-8)14(22)23)12(16)6-1-10(19(24)25)13(21)11(20)2-6;1-6(2,3,4)5/h4-5,7-8H,1-3H3;4-5,7-8H,19H2,1-3H3;4-5,7-8,22H,1-3H3;1-2,4-5,20-21H,16H2,(H,22,23);/b3*15-10-;12-7-;. The molecule has 0 aliphatic heterocycles. The fourth-order valence-electron chi connectivity index (χ4n) is 8.67. The van der Waals surface area contributed by atoms with Crippen LogP contribution < -0.4 is 39.9 Å². The number of rotatable bonds is 22. The monoisotopic (exact) mass is 1720 g/mol. The first-order valence-corrected chi connectivity index (χ1v) is 37.0. The largest absolute Gasteiger partial charge is 0.504 e. The van der Waals surface area contributed by atoms with E-state index in [1.165, 1.54) is 94.6 Å². The van der Waals surface area contributed by atoms with Gasteiger partial charge in [0.05, 0.1) is 155 Å². The second-order valence-electron chi connectivity index (χ2n) is 20.6. The fraction of sp³-hybridized carbons (Fsp3) is 0.138.